The van der Waals surface area contributed by atoms with Gasteiger partial charge in [-0.15, -0.1) is 0 Å². The minimum Gasteiger partial charge on any atom is -0.359 e. The third-order valence-corrected chi connectivity index (χ3v) is 6.74. The molecule has 3 aromatic carbocycles. The summed E-state index contributed by atoms with van der Waals surface area (Å²) in [5, 5.41) is 0. The maximum atomic E-state index is 13.3. The van der Waals surface area contributed by atoms with Gasteiger partial charge in [0.2, 0.25) is 11.0 Å². The molecule has 0 saturated carbocycles. The van der Waals surface area contributed by atoms with E-state index in [0.717, 1.165) is 44.5 Å². The number of benzene rings is 3. The number of carbonyl (C=O) groups excluding carboxylic acids is 2. The van der Waals surface area contributed by atoms with Gasteiger partial charge in [-0.3, -0.25) is 9.59 Å². The summed E-state index contributed by atoms with van der Waals surface area (Å²) in [6.45, 7) is 11.4. The maximum absolute atomic E-state index is 13.3. The molecule has 3 aromatic rings. The Labute approximate surface area is 179 Å². The SMILES string of the molecule is Cc1cc(C)c(C(=O)P(O)C(=O)c2c(C)cc(C)c(-c3ccccc3)c2C)c(C)c1. The molecule has 1 atom stereocenters. The fourth-order valence-electron chi connectivity index (χ4n) is 4.39. The second kappa shape index (κ2) is 8.63. The lowest BCUT2D eigenvalue weighted by atomic mass is 9.90. The highest BCUT2D eigenvalue weighted by Gasteiger charge is 2.31. The summed E-state index contributed by atoms with van der Waals surface area (Å²) < 4.78 is 0. The van der Waals surface area contributed by atoms with Crippen molar-refractivity contribution in [3.8, 4) is 11.1 Å². The molecule has 0 aliphatic carbocycles. The highest BCUT2D eigenvalue weighted by molar-refractivity contribution is 7.85. The fourth-order valence-corrected chi connectivity index (χ4v) is 5.69. The first-order valence-electron chi connectivity index (χ1n) is 9.95. The monoisotopic (exact) mass is 418 g/mol. The normalized spacial score (nSPS) is 12.0. The zero-order valence-corrected chi connectivity index (χ0v) is 19.2. The number of hydrogen-bond donors (Lipinski definition) is 1. The maximum Gasteiger partial charge on any atom is 0.219 e. The summed E-state index contributed by atoms with van der Waals surface area (Å²) in [6.07, 6.45) is 0. The molecule has 0 heterocycles. The molecule has 3 rings (SSSR count). The predicted molar refractivity (Wildman–Crippen MR) is 125 cm³/mol. The lowest BCUT2D eigenvalue weighted by Gasteiger charge is -2.19. The van der Waals surface area contributed by atoms with Crippen molar-refractivity contribution in [2.75, 3.05) is 0 Å². The Kier molecular flexibility index (Phi) is 6.36. The highest BCUT2D eigenvalue weighted by Crippen LogP contribution is 2.43. The van der Waals surface area contributed by atoms with E-state index in [9.17, 15) is 14.5 Å². The van der Waals surface area contributed by atoms with Crippen LogP contribution in [0.15, 0.2) is 48.5 Å². The summed E-state index contributed by atoms with van der Waals surface area (Å²) in [7, 11) is -2.50. The molecule has 0 aliphatic heterocycles. The van der Waals surface area contributed by atoms with E-state index in [4.69, 9.17) is 0 Å². The molecule has 1 N–H and O–H groups in total. The van der Waals surface area contributed by atoms with Crippen molar-refractivity contribution >= 4 is 19.2 Å². The minimum absolute atomic E-state index is 0.448. The molecule has 30 heavy (non-hydrogen) atoms. The largest absolute Gasteiger partial charge is 0.359 e. The van der Waals surface area contributed by atoms with Gasteiger partial charge in [-0.1, -0.05) is 54.1 Å². The van der Waals surface area contributed by atoms with E-state index in [0.29, 0.717) is 11.1 Å². The summed E-state index contributed by atoms with van der Waals surface area (Å²) in [6, 6.07) is 15.6. The van der Waals surface area contributed by atoms with Gasteiger partial charge in [0.25, 0.3) is 0 Å². The average Bonchev–Trinajstić information content (AvgIpc) is 2.66. The summed E-state index contributed by atoms with van der Waals surface area (Å²) in [5.41, 5.74) is 7.19. The predicted octanol–water partition coefficient (Wildman–Crippen LogP) is 6.57. The highest BCUT2D eigenvalue weighted by atomic mass is 31.1. The molecule has 0 fully saturated rings. The number of aryl methyl sites for hydroxylation is 5. The van der Waals surface area contributed by atoms with Crippen LogP contribution in [-0.2, 0) is 0 Å². The summed E-state index contributed by atoms with van der Waals surface area (Å²) >= 11 is 0. The topological polar surface area (TPSA) is 54.4 Å². The van der Waals surface area contributed by atoms with Crippen LogP contribution in [0.2, 0.25) is 0 Å². The van der Waals surface area contributed by atoms with Crippen molar-refractivity contribution in [1.29, 1.82) is 0 Å². The molecule has 3 nitrogen and oxygen atoms in total. The molecular weight excluding hydrogens is 391 g/mol. The second-order valence-corrected chi connectivity index (χ2v) is 9.38. The van der Waals surface area contributed by atoms with Crippen LogP contribution in [0.4, 0.5) is 0 Å². The Morgan fingerprint density at radius 3 is 1.77 bits per heavy atom. The van der Waals surface area contributed by atoms with E-state index in [1.807, 2.05) is 90.1 Å². The molecule has 4 heteroatoms. The van der Waals surface area contributed by atoms with Gasteiger partial charge in [-0.25, -0.2) is 0 Å². The van der Waals surface area contributed by atoms with Gasteiger partial charge in [0, 0.05) is 11.1 Å². The van der Waals surface area contributed by atoms with E-state index in [1.54, 1.807) is 0 Å². The molecule has 0 saturated heterocycles. The van der Waals surface area contributed by atoms with Gasteiger partial charge in [-0.05, 0) is 80.5 Å². The molecular formula is C26H27O3P. The number of hydrogen-bond acceptors (Lipinski definition) is 3. The molecule has 0 radical (unpaired) electrons. The van der Waals surface area contributed by atoms with Crippen molar-refractivity contribution in [1.82, 2.24) is 0 Å². The van der Waals surface area contributed by atoms with Crippen LogP contribution < -0.4 is 0 Å². The number of carbonyl (C=O) groups is 2. The molecule has 1 unspecified atom stereocenters. The standard InChI is InChI=1S/C26H27O3P/c1-15-12-16(2)22(17(3)13-15)25(27)30(29)26(28)24-19(5)14-18(4)23(20(24)6)21-10-8-7-9-11-21/h7-14,29H,1-6H3. The van der Waals surface area contributed by atoms with E-state index in [-0.39, 0.29) is 0 Å². The van der Waals surface area contributed by atoms with Gasteiger partial charge < -0.3 is 4.89 Å². The van der Waals surface area contributed by atoms with Crippen molar-refractivity contribution in [3.63, 3.8) is 0 Å². The van der Waals surface area contributed by atoms with E-state index >= 15 is 0 Å². The molecule has 0 bridgehead atoms. The molecule has 0 amide bonds. The van der Waals surface area contributed by atoms with Crippen molar-refractivity contribution < 1.29 is 14.5 Å². The van der Waals surface area contributed by atoms with Gasteiger partial charge >= 0.3 is 0 Å². The van der Waals surface area contributed by atoms with Crippen molar-refractivity contribution in [2.24, 2.45) is 0 Å². The van der Waals surface area contributed by atoms with Gasteiger partial charge in [0.15, 0.2) is 8.15 Å². The smallest absolute Gasteiger partial charge is 0.219 e. The van der Waals surface area contributed by atoms with Gasteiger partial charge in [0.05, 0.1) is 0 Å². The van der Waals surface area contributed by atoms with Crippen LogP contribution in [0.25, 0.3) is 11.1 Å². The lowest BCUT2D eigenvalue weighted by molar-refractivity contribution is 0.103. The van der Waals surface area contributed by atoms with Crippen LogP contribution in [0.5, 0.6) is 0 Å². The Morgan fingerprint density at radius 1 is 0.700 bits per heavy atom. The Hall–Kier alpha value is -2.61. The minimum atomic E-state index is -2.50. The summed E-state index contributed by atoms with van der Waals surface area (Å²) in [5.74, 6) is 0. The van der Waals surface area contributed by atoms with Gasteiger partial charge in [0.1, 0.15) is 0 Å². The van der Waals surface area contributed by atoms with Crippen LogP contribution in [0, 0.1) is 41.5 Å². The van der Waals surface area contributed by atoms with E-state index in [2.05, 4.69) is 0 Å². The van der Waals surface area contributed by atoms with E-state index in [1.165, 1.54) is 0 Å². The average molecular weight is 418 g/mol. The first-order valence-corrected chi connectivity index (χ1v) is 11.2. The van der Waals surface area contributed by atoms with E-state index < -0.39 is 19.2 Å². The van der Waals surface area contributed by atoms with Crippen molar-refractivity contribution in [3.05, 3.63) is 93.0 Å². The molecule has 0 aromatic heterocycles. The zero-order valence-electron chi connectivity index (χ0n) is 18.3. The first kappa shape index (κ1) is 22.1. The van der Waals surface area contributed by atoms with Gasteiger partial charge in [-0.2, -0.15) is 0 Å². The third kappa shape index (κ3) is 4.01. The first-order chi connectivity index (χ1) is 14.1. The van der Waals surface area contributed by atoms with Crippen LogP contribution in [0.1, 0.15) is 54.1 Å². The van der Waals surface area contributed by atoms with Crippen molar-refractivity contribution in [2.45, 2.75) is 41.5 Å². The lowest BCUT2D eigenvalue weighted by Crippen LogP contribution is -2.12. The number of rotatable bonds is 5. The van der Waals surface area contributed by atoms with Crippen LogP contribution in [0.3, 0.4) is 0 Å². The Bertz CT molecular complexity index is 1120. The molecule has 0 spiro atoms. The molecule has 0 aliphatic rings. The quantitative estimate of drug-likeness (QED) is 0.477. The fraction of sp³-hybridized carbons (Fsp3) is 0.231. The Morgan fingerprint density at radius 2 is 1.20 bits per heavy atom. The third-order valence-electron chi connectivity index (χ3n) is 5.52. The summed E-state index contributed by atoms with van der Waals surface area (Å²) in [4.78, 5) is 37.3. The van der Waals surface area contributed by atoms with Crippen LogP contribution in [-0.4, -0.2) is 15.9 Å². The zero-order chi connectivity index (χ0) is 22.2. The second-order valence-electron chi connectivity index (χ2n) is 7.95. The van der Waals surface area contributed by atoms with Crippen LogP contribution >= 0.6 is 8.15 Å². The molecule has 154 valence electrons. The Balaban J connectivity index is 2.08.